The first-order valence-electron chi connectivity index (χ1n) is 11.1. The van der Waals surface area contributed by atoms with Crippen LogP contribution in [0, 0.1) is 6.92 Å². The molecule has 1 aliphatic heterocycles. The lowest BCUT2D eigenvalue weighted by molar-refractivity contribution is 0.0946. The van der Waals surface area contributed by atoms with E-state index in [9.17, 15) is 21.6 Å². The molecule has 0 bridgehead atoms. The molecule has 186 valence electrons. The van der Waals surface area contributed by atoms with Gasteiger partial charge in [0.1, 0.15) is 12.4 Å². The molecule has 3 rings (SSSR count). The Hall–Kier alpha value is -2.63. The third-order valence-electron chi connectivity index (χ3n) is 5.82. The minimum absolute atomic E-state index is 0.186. The summed E-state index contributed by atoms with van der Waals surface area (Å²) in [5.41, 5.74) is 1.37. The molecule has 34 heavy (non-hydrogen) atoms. The summed E-state index contributed by atoms with van der Waals surface area (Å²) in [6, 6.07) is 11.2. The number of amides is 1. The van der Waals surface area contributed by atoms with Gasteiger partial charge in [0.05, 0.1) is 23.4 Å². The van der Waals surface area contributed by atoms with Crippen molar-refractivity contribution in [1.82, 2.24) is 9.62 Å². The second-order valence-electron chi connectivity index (χ2n) is 8.22. The van der Waals surface area contributed by atoms with Crippen LogP contribution in [0.3, 0.4) is 0 Å². The van der Waals surface area contributed by atoms with E-state index in [0.717, 1.165) is 29.8 Å². The molecule has 0 saturated carbocycles. The highest BCUT2D eigenvalue weighted by atomic mass is 32.2. The van der Waals surface area contributed by atoms with Gasteiger partial charge in [-0.2, -0.15) is 4.31 Å². The summed E-state index contributed by atoms with van der Waals surface area (Å²) in [5.74, 6) is 0.160. The molecule has 0 unspecified atom stereocenters. The number of ether oxygens (including phenoxy) is 1. The monoisotopic (exact) mass is 509 g/mol. The van der Waals surface area contributed by atoms with Crippen molar-refractivity contribution in [2.45, 2.75) is 31.1 Å². The highest BCUT2D eigenvalue weighted by molar-refractivity contribution is 7.92. The quantitative estimate of drug-likeness (QED) is 0.520. The van der Waals surface area contributed by atoms with E-state index in [4.69, 9.17) is 4.74 Å². The van der Waals surface area contributed by atoms with Crippen molar-refractivity contribution in [1.29, 1.82) is 0 Å². The van der Waals surface area contributed by atoms with Gasteiger partial charge >= 0.3 is 0 Å². The molecular weight excluding hydrogens is 478 g/mol. The molecule has 1 aliphatic rings. The fourth-order valence-corrected chi connectivity index (χ4v) is 5.85. The summed E-state index contributed by atoms with van der Waals surface area (Å²) in [6.45, 7) is 3.20. The maximum absolute atomic E-state index is 12.7. The van der Waals surface area contributed by atoms with Crippen LogP contribution in [0.15, 0.2) is 47.4 Å². The molecule has 1 saturated heterocycles. The predicted molar refractivity (Wildman–Crippen MR) is 131 cm³/mol. The molecule has 9 nitrogen and oxygen atoms in total. The Morgan fingerprint density at radius 3 is 2.29 bits per heavy atom. The number of nitrogens with zero attached hydrogens (tertiary/aromatic N) is 2. The summed E-state index contributed by atoms with van der Waals surface area (Å²) in [6.07, 6.45) is 3.92. The summed E-state index contributed by atoms with van der Waals surface area (Å²) < 4.78 is 57.4. The Morgan fingerprint density at radius 1 is 1.03 bits per heavy atom. The van der Waals surface area contributed by atoms with E-state index >= 15 is 0 Å². The van der Waals surface area contributed by atoms with Gasteiger partial charge in [-0.15, -0.1) is 0 Å². The third-order valence-corrected chi connectivity index (χ3v) is 8.92. The van der Waals surface area contributed by atoms with Crippen LogP contribution in [0.1, 0.15) is 35.2 Å². The van der Waals surface area contributed by atoms with Gasteiger partial charge in [0.15, 0.2) is 0 Å². The van der Waals surface area contributed by atoms with Crippen molar-refractivity contribution in [3.63, 3.8) is 0 Å². The highest BCUT2D eigenvalue weighted by Gasteiger charge is 2.25. The van der Waals surface area contributed by atoms with E-state index in [1.165, 1.54) is 23.5 Å². The lowest BCUT2D eigenvalue weighted by Crippen LogP contribution is -2.35. The summed E-state index contributed by atoms with van der Waals surface area (Å²) >= 11 is 0. The van der Waals surface area contributed by atoms with Crippen LogP contribution in [-0.2, 0) is 20.0 Å². The molecule has 0 atom stereocenters. The fourth-order valence-electron chi connectivity index (χ4n) is 3.78. The van der Waals surface area contributed by atoms with E-state index in [-0.39, 0.29) is 24.0 Å². The SMILES string of the molecule is Cc1c(C(=O)NCCOc2ccc(S(=O)(=O)N3CCCCC3)cc2)cccc1N(C)S(C)(=O)=O. The Balaban J connectivity index is 1.54. The number of rotatable bonds is 9. The Labute approximate surface area is 201 Å². The van der Waals surface area contributed by atoms with E-state index in [2.05, 4.69) is 5.32 Å². The standard InChI is InChI=1S/C23H31N3O6S2/c1-18-21(8-7-9-22(18)25(2)33(3,28)29)23(27)24-14-17-32-19-10-12-20(13-11-19)34(30,31)26-15-5-4-6-16-26/h7-13H,4-6,14-17H2,1-3H3,(H,24,27). The van der Waals surface area contributed by atoms with E-state index in [0.29, 0.717) is 35.7 Å². The maximum atomic E-state index is 12.7. The Kier molecular flexibility index (Phi) is 8.21. The second kappa shape index (κ2) is 10.7. The third kappa shape index (κ3) is 6.08. The van der Waals surface area contributed by atoms with Gasteiger partial charge in [-0.25, -0.2) is 16.8 Å². The molecule has 1 amide bonds. The molecule has 11 heteroatoms. The highest BCUT2D eigenvalue weighted by Crippen LogP contribution is 2.24. The number of nitrogens with one attached hydrogen (secondary N) is 1. The van der Waals surface area contributed by atoms with E-state index in [1.54, 1.807) is 37.3 Å². The number of anilines is 1. The topological polar surface area (TPSA) is 113 Å². The Bertz CT molecular complexity index is 1220. The fraction of sp³-hybridized carbons (Fsp3) is 0.435. The molecule has 0 aliphatic carbocycles. The zero-order chi connectivity index (χ0) is 24.9. The molecule has 0 spiro atoms. The number of hydrogen-bond donors (Lipinski definition) is 1. The van der Waals surface area contributed by atoms with Crippen LogP contribution in [0.5, 0.6) is 5.75 Å². The lowest BCUT2D eigenvalue weighted by atomic mass is 10.1. The minimum atomic E-state index is -3.49. The van der Waals surface area contributed by atoms with Crippen molar-refractivity contribution in [3.8, 4) is 5.75 Å². The van der Waals surface area contributed by atoms with Crippen LogP contribution >= 0.6 is 0 Å². The zero-order valence-corrected chi connectivity index (χ0v) is 21.3. The Morgan fingerprint density at radius 2 is 1.68 bits per heavy atom. The van der Waals surface area contributed by atoms with Crippen molar-refractivity contribution < 1.29 is 26.4 Å². The first-order chi connectivity index (χ1) is 16.0. The van der Waals surface area contributed by atoms with Crippen LogP contribution in [0.25, 0.3) is 0 Å². The van der Waals surface area contributed by atoms with Crippen molar-refractivity contribution >= 4 is 31.6 Å². The minimum Gasteiger partial charge on any atom is -0.492 e. The summed E-state index contributed by atoms with van der Waals surface area (Å²) in [4.78, 5) is 12.8. The molecule has 1 fully saturated rings. The van der Waals surface area contributed by atoms with Gasteiger partial charge in [0.2, 0.25) is 20.0 Å². The van der Waals surface area contributed by atoms with Gasteiger partial charge in [0, 0.05) is 25.7 Å². The van der Waals surface area contributed by atoms with E-state index in [1.807, 2.05) is 0 Å². The number of piperidine rings is 1. The van der Waals surface area contributed by atoms with Crippen LogP contribution in [-0.4, -0.2) is 66.6 Å². The van der Waals surface area contributed by atoms with Crippen molar-refractivity contribution in [2.24, 2.45) is 0 Å². The summed E-state index contributed by atoms with van der Waals surface area (Å²) in [5, 5.41) is 2.76. The van der Waals surface area contributed by atoms with Gasteiger partial charge in [-0.3, -0.25) is 9.10 Å². The predicted octanol–water partition coefficient (Wildman–Crippen LogP) is 2.37. The average Bonchev–Trinajstić information content (AvgIpc) is 2.81. The van der Waals surface area contributed by atoms with Crippen molar-refractivity contribution in [2.75, 3.05) is 43.8 Å². The largest absolute Gasteiger partial charge is 0.492 e. The zero-order valence-electron chi connectivity index (χ0n) is 19.7. The average molecular weight is 510 g/mol. The van der Waals surface area contributed by atoms with Gasteiger partial charge in [-0.1, -0.05) is 12.5 Å². The van der Waals surface area contributed by atoms with Gasteiger partial charge in [0.25, 0.3) is 5.91 Å². The summed E-state index contributed by atoms with van der Waals surface area (Å²) in [7, 11) is -5.50. The van der Waals surface area contributed by atoms with Crippen LogP contribution in [0.2, 0.25) is 0 Å². The molecule has 2 aromatic rings. The van der Waals surface area contributed by atoms with Crippen LogP contribution < -0.4 is 14.4 Å². The number of benzene rings is 2. The second-order valence-corrected chi connectivity index (χ2v) is 12.2. The first kappa shape index (κ1) is 26.0. The lowest BCUT2D eigenvalue weighted by Gasteiger charge is -2.25. The smallest absolute Gasteiger partial charge is 0.251 e. The normalized spacial score (nSPS) is 15.0. The first-order valence-corrected chi connectivity index (χ1v) is 14.4. The molecule has 1 N–H and O–H groups in total. The van der Waals surface area contributed by atoms with Gasteiger partial charge < -0.3 is 10.1 Å². The number of carbonyl (C=O) groups is 1. The van der Waals surface area contributed by atoms with Crippen molar-refractivity contribution in [3.05, 3.63) is 53.6 Å². The number of sulfonamides is 2. The molecule has 1 heterocycles. The molecule has 2 aromatic carbocycles. The molecule has 0 aromatic heterocycles. The van der Waals surface area contributed by atoms with Crippen LogP contribution in [0.4, 0.5) is 5.69 Å². The van der Waals surface area contributed by atoms with Gasteiger partial charge in [-0.05, 0) is 61.7 Å². The number of hydrogen-bond acceptors (Lipinski definition) is 6. The van der Waals surface area contributed by atoms with E-state index < -0.39 is 20.0 Å². The maximum Gasteiger partial charge on any atom is 0.251 e. The molecular formula is C23H31N3O6S2. The number of carbonyl (C=O) groups excluding carboxylic acids is 1. The molecule has 0 radical (unpaired) electrons.